The molecule has 26 heavy (non-hydrogen) atoms. The van der Waals surface area contributed by atoms with E-state index >= 15 is 0 Å². The first-order chi connectivity index (χ1) is 12.5. The Kier molecular flexibility index (Phi) is 4.31. The fraction of sp³-hybridized carbons (Fsp3) is 0.429. The van der Waals surface area contributed by atoms with Crippen LogP contribution < -0.4 is 10.6 Å². The standard InChI is InChI=1S/C21H27N5/c1-14-11-20(22)23-13-19(14)16(3)25-6-8-26(9-7-25)21-15(2)10-18(12-24-21)17-4-5-17/h10-13,17H,3-9H2,1-2H3,(H2,22,23). The van der Waals surface area contributed by atoms with Crippen LogP contribution in [0.2, 0.25) is 0 Å². The number of nitrogens with zero attached hydrogens (tertiary/aromatic N) is 4. The van der Waals surface area contributed by atoms with Gasteiger partial charge >= 0.3 is 0 Å². The average Bonchev–Trinajstić information content (AvgIpc) is 3.46. The van der Waals surface area contributed by atoms with E-state index < -0.39 is 0 Å². The fourth-order valence-corrected chi connectivity index (χ4v) is 3.80. The molecule has 2 aromatic heterocycles. The third kappa shape index (κ3) is 3.26. The fourth-order valence-electron chi connectivity index (χ4n) is 3.80. The van der Waals surface area contributed by atoms with Crippen molar-refractivity contribution < 1.29 is 0 Å². The smallest absolute Gasteiger partial charge is 0.131 e. The van der Waals surface area contributed by atoms with Crippen LogP contribution in [0.15, 0.2) is 31.1 Å². The quantitative estimate of drug-likeness (QED) is 0.917. The number of aromatic nitrogens is 2. The van der Waals surface area contributed by atoms with Crippen molar-refractivity contribution >= 4 is 17.3 Å². The minimum Gasteiger partial charge on any atom is -0.384 e. The highest BCUT2D eigenvalue weighted by atomic mass is 15.3. The van der Waals surface area contributed by atoms with Gasteiger partial charge in [-0.25, -0.2) is 9.97 Å². The Morgan fingerprint density at radius 2 is 1.77 bits per heavy atom. The summed E-state index contributed by atoms with van der Waals surface area (Å²) in [5, 5.41) is 0. The largest absolute Gasteiger partial charge is 0.384 e. The molecule has 2 aliphatic rings. The van der Waals surface area contributed by atoms with E-state index in [1.165, 1.54) is 24.0 Å². The van der Waals surface area contributed by atoms with Crippen LogP contribution in [0.3, 0.4) is 0 Å². The molecule has 5 nitrogen and oxygen atoms in total. The molecule has 136 valence electrons. The molecule has 3 heterocycles. The predicted octanol–water partition coefficient (Wildman–Crippen LogP) is 3.35. The molecule has 4 rings (SSSR count). The summed E-state index contributed by atoms with van der Waals surface area (Å²) in [4.78, 5) is 13.7. The zero-order chi connectivity index (χ0) is 18.3. The van der Waals surface area contributed by atoms with Gasteiger partial charge < -0.3 is 15.5 Å². The Labute approximate surface area is 155 Å². The van der Waals surface area contributed by atoms with Gasteiger partial charge in [-0.1, -0.05) is 12.6 Å². The maximum atomic E-state index is 5.77. The molecule has 0 bridgehead atoms. The van der Waals surface area contributed by atoms with Crippen LogP contribution in [0, 0.1) is 13.8 Å². The number of hydrogen-bond acceptors (Lipinski definition) is 5. The normalized spacial score (nSPS) is 17.5. The molecule has 0 amide bonds. The van der Waals surface area contributed by atoms with Gasteiger partial charge in [-0.15, -0.1) is 0 Å². The lowest BCUT2D eigenvalue weighted by atomic mass is 10.1. The Balaban J connectivity index is 1.43. The molecular formula is C21H27N5. The van der Waals surface area contributed by atoms with Gasteiger partial charge in [0.1, 0.15) is 11.6 Å². The van der Waals surface area contributed by atoms with Gasteiger partial charge in [-0.05, 0) is 55.4 Å². The summed E-state index contributed by atoms with van der Waals surface area (Å²) in [6.45, 7) is 12.3. The minimum absolute atomic E-state index is 0.556. The van der Waals surface area contributed by atoms with E-state index in [4.69, 9.17) is 10.7 Å². The van der Waals surface area contributed by atoms with Gasteiger partial charge in [-0.3, -0.25) is 0 Å². The summed E-state index contributed by atoms with van der Waals surface area (Å²) in [7, 11) is 0. The minimum atomic E-state index is 0.556. The number of hydrogen-bond donors (Lipinski definition) is 1. The maximum Gasteiger partial charge on any atom is 0.131 e. The van der Waals surface area contributed by atoms with Crippen molar-refractivity contribution in [3.8, 4) is 0 Å². The topological polar surface area (TPSA) is 58.3 Å². The molecule has 2 aromatic rings. The van der Waals surface area contributed by atoms with E-state index in [1.54, 1.807) is 0 Å². The lowest BCUT2D eigenvalue weighted by molar-refractivity contribution is 0.366. The van der Waals surface area contributed by atoms with Gasteiger partial charge in [0.2, 0.25) is 0 Å². The third-order valence-electron chi connectivity index (χ3n) is 5.52. The van der Waals surface area contributed by atoms with E-state index in [-0.39, 0.29) is 0 Å². The van der Waals surface area contributed by atoms with Crippen molar-refractivity contribution in [1.82, 2.24) is 14.9 Å². The van der Waals surface area contributed by atoms with Crippen LogP contribution in [0.4, 0.5) is 11.6 Å². The van der Waals surface area contributed by atoms with Crippen molar-refractivity contribution in [2.24, 2.45) is 0 Å². The molecule has 1 aliphatic carbocycles. The molecule has 0 spiro atoms. The molecule has 5 heteroatoms. The molecule has 0 atom stereocenters. The number of rotatable bonds is 4. The van der Waals surface area contributed by atoms with Crippen molar-refractivity contribution in [2.45, 2.75) is 32.6 Å². The lowest BCUT2D eigenvalue weighted by Crippen LogP contribution is -2.46. The summed E-state index contributed by atoms with van der Waals surface area (Å²) in [5.41, 5.74) is 11.7. The molecule has 2 N–H and O–H groups in total. The van der Waals surface area contributed by atoms with Gasteiger partial charge in [-0.2, -0.15) is 0 Å². The van der Waals surface area contributed by atoms with Gasteiger partial charge in [0.15, 0.2) is 0 Å². The first-order valence-corrected chi connectivity index (χ1v) is 9.41. The van der Waals surface area contributed by atoms with E-state index in [0.29, 0.717) is 5.82 Å². The van der Waals surface area contributed by atoms with Crippen LogP contribution in [-0.2, 0) is 0 Å². The van der Waals surface area contributed by atoms with Crippen molar-refractivity contribution in [1.29, 1.82) is 0 Å². The van der Waals surface area contributed by atoms with E-state index in [2.05, 4.69) is 47.5 Å². The lowest BCUT2D eigenvalue weighted by Gasteiger charge is -2.38. The Bertz CT molecular complexity index is 832. The zero-order valence-electron chi connectivity index (χ0n) is 15.7. The van der Waals surface area contributed by atoms with E-state index in [9.17, 15) is 0 Å². The van der Waals surface area contributed by atoms with Gasteiger partial charge in [0.05, 0.1) is 0 Å². The highest BCUT2D eigenvalue weighted by Gasteiger charge is 2.26. The van der Waals surface area contributed by atoms with Crippen LogP contribution in [-0.4, -0.2) is 41.0 Å². The molecule has 2 fully saturated rings. The molecule has 0 unspecified atom stereocenters. The number of pyridine rings is 2. The molecular weight excluding hydrogens is 322 g/mol. The van der Waals surface area contributed by atoms with Gasteiger partial charge in [0.25, 0.3) is 0 Å². The third-order valence-corrected chi connectivity index (χ3v) is 5.52. The Morgan fingerprint density at radius 3 is 2.38 bits per heavy atom. The highest BCUT2D eigenvalue weighted by molar-refractivity contribution is 5.65. The molecule has 1 saturated carbocycles. The summed E-state index contributed by atoms with van der Waals surface area (Å²) < 4.78 is 0. The number of anilines is 2. The van der Waals surface area contributed by atoms with Crippen molar-refractivity contribution in [2.75, 3.05) is 36.8 Å². The summed E-state index contributed by atoms with van der Waals surface area (Å²) >= 11 is 0. The monoisotopic (exact) mass is 349 g/mol. The number of nitrogens with two attached hydrogens (primary N) is 1. The Morgan fingerprint density at radius 1 is 1.04 bits per heavy atom. The molecule has 0 aromatic carbocycles. The number of aryl methyl sites for hydroxylation is 2. The van der Waals surface area contributed by atoms with Gasteiger partial charge in [0, 0.05) is 49.8 Å². The van der Waals surface area contributed by atoms with Crippen LogP contribution >= 0.6 is 0 Å². The van der Waals surface area contributed by atoms with Crippen LogP contribution in [0.25, 0.3) is 5.70 Å². The van der Waals surface area contributed by atoms with Crippen molar-refractivity contribution in [3.63, 3.8) is 0 Å². The highest BCUT2D eigenvalue weighted by Crippen LogP contribution is 2.40. The van der Waals surface area contributed by atoms with Crippen molar-refractivity contribution in [3.05, 3.63) is 53.4 Å². The first-order valence-electron chi connectivity index (χ1n) is 9.41. The number of nitrogen functional groups attached to an aromatic ring is 1. The summed E-state index contributed by atoms with van der Waals surface area (Å²) in [5.74, 6) is 2.44. The number of piperazine rings is 1. The second-order valence-corrected chi connectivity index (χ2v) is 7.53. The van der Waals surface area contributed by atoms with Crippen LogP contribution in [0.5, 0.6) is 0 Å². The summed E-state index contributed by atoms with van der Waals surface area (Å²) in [6.07, 6.45) is 6.55. The molecule has 1 aliphatic heterocycles. The second-order valence-electron chi connectivity index (χ2n) is 7.53. The maximum absolute atomic E-state index is 5.77. The van der Waals surface area contributed by atoms with E-state index in [0.717, 1.165) is 54.7 Å². The predicted molar refractivity (Wildman–Crippen MR) is 107 cm³/mol. The Hall–Kier alpha value is -2.56. The molecule has 0 radical (unpaired) electrons. The SMILES string of the molecule is C=C(c1cnc(N)cc1C)N1CCN(c2ncc(C3CC3)cc2C)CC1. The second kappa shape index (κ2) is 6.63. The average molecular weight is 349 g/mol. The van der Waals surface area contributed by atoms with Crippen LogP contribution in [0.1, 0.15) is 41.0 Å². The molecule has 1 saturated heterocycles. The first kappa shape index (κ1) is 16.9. The van der Waals surface area contributed by atoms with E-state index in [1.807, 2.05) is 12.3 Å². The summed E-state index contributed by atoms with van der Waals surface area (Å²) in [6, 6.07) is 4.24. The zero-order valence-corrected chi connectivity index (χ0v) is 15.7.